The molecule has 0 aromatic heterocycles. The Morgan fingerprint density at radius 1 is 0.940 bits per heavy atom. The van der Waals surface area contributed by atoms with Gasteiger partial charge in [-0.15, -0.1) is 0 Å². The number of hydrogen-bond acceptors (Lipinski definition) is 16. The monoisotopic (exact) mass is 951 g/mol. The minimum atomic E-state index is -1.09. The molecule has 0 spiro atoms. The van der Waals surface area contributed by atoms with Crippen LogP contribution in [0.3, 0.4) is 0 Å². The standard InChI is InChI=1S/C50H86N4O13/c1-16-53(33(7)37-20-18-19-21-39(37)61-17-2)23-22-51-48(58)67-45-35(9)63-40(26-50(45,11)60-15)65-43-31(5)44(66-47-42(56)38(52(12)13)24-30(4)62-47)49(10,59-14)25-29(3)41(55)34(8)54-27-36(28-54)64-46(57)32(43)6/h18-21,29-36,38,40-45,47,55-56H,16-17,22-28H2,1-15H3,(H,51,58)/t29-,30-,31+,32-,33?,34+,35+,38+,40-,41+,42-,43+,44-,45+,47-,49+,50-/m1/s1. The number of carbonyl (C=O) groups is 2. The largest absolute Gasteiger partial charge is 0.494 e. The molecule has 5 aliphatic heterocycles. The van der Waals surface area contributed by atoms with Gasteiger partial charge in [-0.05, 0) is 101 Å². The lowest BCUT2D eigenvalue weighted by molar-refractivity contribution is -0.319. The number of rotatable bonds is 16. The minimum Gasteiger partial charge on any atom is -0.494 e. The van der Waals surface area contributed by atoms with Crippen LogP contribution >= 0.6 is 0 Å². The van der Waals surface area contributed by atoms with Gasteiger partial charge in [0.2, 0.25) is 0 Å². The third kappa shape index (κ3) is 13.0. The number of ether oxygens (including phenoxy) is 9. The van der Waals surface area contributed by atoms with Crippen LogP contribution in [0.2, 0.25) is 0 Å². The summed E-state index contributed by atoms with van der Waals surface area (Å²) in [5.41, 5.74) is -1.07. The number of amides is 1. The van der Waals surface area contributed by atoms with Crippen LogP contribution < -0.4 is 10.1 Å². The topological polar surface area (TPSA) is 179 Å². The number of hydrogen-bond donors (Lipinski definition) is 3. The average molecular weight is 951 g/mol. The summed E-state index contributed by atoms with van der Waals surface area (Å²) in [4.78, 5) is 34.1. The predicted octanol–water partition coefficient (Wildman–Crippen LogP) is 4.99. The first-order valence-electron chi connectivity index (χ1n) is 24.7. The first-order valence-corrected chi connectivity index (χ1v) is 24.7. The zero-order valence-electron chi connectivity index (χ0n) is 43.1. The smallest absolute Gasteiger partial charge is 0.407 e. The molecular weight excluding hydrogens is 865 g/mol. The highest BCUT2D eigenvalue weighted by atomic mass is 16.7. The molecule has 0 radical (unpaired) electrons. The number of fused-ring (bicyclic) bond motifs is 10. The van der Waals surface area contributed by atoms with Crippen LogP contribution in [-0.2, 0) is 42.7 Å². The maximum absolute atomic E-state index is 14.2. The van der Waals surface area contributed by atoms with Gasteiger partial charge in [0.1, 0.15) is 23.6 Å². The van der Waals surface area contributed by atoms with Gasteiger partial charge in [0.05, 0.1) is 48.6 Å². The van der Waals surface area contributed by atoms with E-state index in [1.807, 2.05) is 92.6 Å². The van der Waals surface area contributed by atoms with E-state index in [4.69, 9.17) is 42.6 Å². The number of esters is 1. The molecule has 5 heterocycles. The summed E-state index contributed by atoms with van der Waals surface area (Å²) in [5, 5.41) is 26.4. The molecule has 67 heavy (non-hydrogen) atoms. The van der Waals surface area contributed by atoms with E-state index in [9.17, 15) is 19.8 Å². The van der Waals surface area contributed by atoms with Gasteiger partial charge in [-0.3, -0.25) is 14.6 Å². The van der Waals surface area contributed by atoms with Crippen molar-refractivity contribution in [3.63, 3.8) is 0 Å². The summed E-state index contributed by atoms with van der Waals surface area (Å²) in [6.07, 6.45) is -7.00. The summed E-state index contributed by atoms with van der Waals surface area (Å²) >= 11 is 0. The first-order chi connectivity index (χ1) is 31.6. The molecule has 5 fully saturated rings. The number of alkyl carbamates (subject to hydrolysis) is 1. The highest BCUT2D eigenvalue weighted by Gasteiger charge is 2.54. The second kappa shape index (κ2) is 24.0. The number of benzene rings is 1. The van der Waals surface area contributed by atoms with Gasteiger partial charge in [0, 0.05) is 76.4 Å². The Labute approximate surface area is 400 Å². The molecule has 1 aromatic carbocycles. The van der Waals surface area contributed by atoms with Crippen molar-refractivity contribution in [1.82, 2.24) is 20.0 Å². The molecule has 1 aromatic rings. The van der Waals surface area contributed by atoms with Crippen LogP contribution in [0.15, 0.2) is 24.3 Å². The average Bonchev–Trinajstić information content (AvgIpc) is 3.27. The summed E-state index contributed by atoms with van der Waals surface area (Å²) in [5.74, 6) is -1.29. The Morgan fingerprint density at radius 3 is 2.22 bits per heavy atom. The van der Waals surface area contributed by atoms with E-state index in [0.29, 0.717) is 45.6 Å². The van der Waals surface area contributed by atoms with Gasteiger partial charge in [-0.25, -0.2) is 4.79 Å². The summed E-state index contributed by atoms with van der Waals surface area (Å²) < 4.78 is 57.5. The Bertz CT molecular complexity index is 1720. The number of likely N-dealkylation sites (N-methyl/N-ethyl adjacent to an activating group) is 2. The summed E-state index contributed by atoms with van der Waals surface area (Å²) in [6, 6.07) is 7.62. The van der Waals surface area contributed by atoms with Crippen molar-refractivity contribution in [1.29, 1.82) is 0 Å². The highest BCUT2D eigenvalue weighted by molar-refractivity contribution is 5.73. The number of aliphatic hydroxyl groups excluding tert-OH is 2. The van der Waals surface area contributed by atoms with E-state index >= 15 is 0 Å². The van der Waals surface area contributed by atoms with Gasteiger partial charge < -0.3 is 63.1 Å². The van der Waals surface area contributed by atoms with Crippen molar-refractivity contribution in [3.05, 3.63) is 29.8 Å². The lowest BCUT2D eigenvalue weighted by atomic mass is 9.76. The second-order valence-electron chi connectivity index (χ2n) is 20.3. The van der Waals surface area contributed by atoms with Crippen molar-refractivity contribution < 1.29 is 62.4 Å². The van der Waals surface area contributed by atoms with Gasteiger partial charge in [0.25, 0.3) is 0 Å². The predicted molar refractivity (Wildman–Crippen MR) is 253 cm³/mol. The van der Waals surface area contributed by atoms with Crippen LogP contribution in [0.5, 0.6) is 5.75 Å². The Balaban J connectivity index is 1.37. The maximum Gasteiger partial charge on any atom is 0.407 e. The second-order valence-corrected chi connectivity index (χ2v) is 20.3. The molecule has 0 saturated carbocycles. The van der Waals surface area contributed by atoms with E-state index in [-0.39, 0.29) is 42.7 Å². The van der Waals surface area contributed by atoms with Crippen LogP contribution in [0.1, 0.15) is 107 Å². The van der Waals surface area contributed by atoms with Crippen molar-refractivity contribution in [2.75, 3.05) is 67.6 Å². The molecule has 1 unspecified atom stereocenters. The van der Waals surface area contributed by atoms with Crippen molar-refractivity contribution in [3.8, 4) is 5.75 Å². The molecule has 384 valence electrons. The Kier molecular flexibility index (Phi) is 19.8. The third-order valence-corrected chi connectivity index (χ3v) is 15.3. The zero-order valence-corrected chi connectivity index (χ0v) is 43.1. The molecule has 5 saturated heterocycles. The lowest BCUT2D eigenvalue weighted by Gasteiger charge is -2.51. The van der Waals surface area contributed by atoms with E-state index in [1.165, 1.54) is 0 Å². The normalized spacial score (nSPS) is 40.3. The molecule has 2 bridgehead atoms. The number of nitrogens with one attached hydrogen (secondary N) is 1. The van der Waals surface area contributed by atoms with Crippen LogP contribution in [-0.4, -0.2) is 189 Å². The van der Waals surface area contributed by atoms with E-state index in [0.717, 1.165) is 17.9 Å². The lowest BCUT2D eigenvalue weighted by Crippen LogP contribution is -2.63. The quantitative estimate of drug-likeness (QED) is 0.189. The summed E-state index contributed by atoms with van der Waals surface area (Å²) in [6.45, 7) is 24.7. The van der Waals surface area contributed by atoms with Crippen LogP contribution in [0.4, 0.5) is 4.79 Å². The molecule has 1 amide bonds. The van der Waals surface area contributed by atoms with Gasteiger partial charge in [-0.1, -0.05) is 39.0 Å². The van der Waals surface area contributed by atoms with Crippen molar-refractivity contribution in [2.24, 2.45) is 17.8 Å². The maximum atomic E-state index is 14.2. The van der Waals surface area contributed by atoms with Crippen LogP contribution in [0.25, 0.3) is 0 Å². The third-order valence-electron chi connectivity index (χ3n) is 15.3. The molecule has 5 aliphatic rings. The molecule has 0 aliphatic carbocycles. The molecular formula is C50H86N4O13. The van der Waals surface area contributed by atoms with Crippen molar-refractivity contribution >= 4 is 12.1 Å². The number of carbonyl (C=O) groups excluding carboxylic acids is 2. The Morgan fingerprint density at radius 2 is 1.60 bits per heavy atom. The molecule has 17 heteroatoms. The van der Waals surface area contributed by atoms with E-state index in [1.54, 1.807) is 21.1 Å². The molecule has 6 rings (SSSR count). The van der Waals surface area contributed by atoms with E-state index in [2.05, 4.69) is 35.0 Å². The van der Waals surface area contributed by atoms with Gasteiger partial charge in [-0.2, -0.15) is 0 Å². The summed E-state index contributed by atoms with van der Waals surface area (Å²) in [7, 11) is 7.02. The van der Waals surface area contributed by atoms with Crippen molar-refractivity contribution in [2.45, 2.75) is 186 Å². The van der Waals surface area contributed by atoms with Gasteiger partial charge >= 0.3 is 12.1 Å². The Hall–Kier alpha value is -2.68. The number of para-hydroxylation sites is 1. The molecule has 3 N–H and O–H groups in total. The number of methoxy groups -OCH3 is 2. The fraction of sp³-hybridized carbons (Fsp3) is 0.840. The number of aliphatic hydroxyl groups is 2. The van der Waals surface area contributed by atoms with E-state index < -0.39 is 84.3 Å². The number of nitrogens with zero attached hydrogens (tertiary/aromatic N) is 3. The SMILES string of the molecule is CCOc1ccccc1C(C)N(CC)CCNC(=O)O[C@H]1[C@H](C)O[C@H](O[C@H]2[C@H](C)[C@@H](O[C@H]3O[C@H](C)C[C@H](N(C)C)[C@H]3O)[C@@](C)(OC)C[C@@H](C)[C@H](O)[C@H](C)N3CC(C3)OC(=O)[C@@H]2C)C[C@@]1(C)OC. The highest BCUT2D eigenvalue weighted by Crippen LogP contribution is 2.42. The molecule has 17 atom stereocenters. The first kappa shape index (κ1) is 55.2. The fourth-order valence-corrected chi connectivity index (χ4v) is 10.9. The fourth-order valence-electron chi connectivity index (χ4n) is 10.9. The zero-order chi connectivity index (χ0) is 49.5. The molecule has 17 nitrogen and oxygen atoms in total. The van der Waals surface area contributed by atoms with Crippen LogP contribution in [0, 0.1) is 17.8 Å². The minimum absolute atomic E-state index is 0.0493. The van der Waals surface area contributed by atoms with Gasteiger partial charge in [0.15, 0.2) is 18.7 Å².